The zero-order valence-electron chi connectivity index (χ0n) is 12.3. The van der Waals surface area contributed by atoms with Gasteiger partial charge in [-0.2, -0.15) is 15.0 Å². The van der Waals surface area contributed by atoms with Crippen molar-refractivity contribution in [2.45, 2.75) is 26.3 Å². The largest absolute Gasteiger partial charge is 0.378 e. The molecule has 1 aromatic heterocycles. The summed E-state index contributed by atoms with van der Waals surface area (Å²) in [6.45, 7) is 7.57. The van der Waals surface area contributed by atoms with Gasteiger partial charge < -0.3 is 20.3 Å². The van der Waals surface area contributed by atoms with E-state index in [-0.39, 0.29) is 0 Å². The third-order valence-electron chi connectivity index (χ3n) is 3.96. The fraction of sp³-hybridized carbons (Fsp3) is 0.769. The van der Waals surface area contributed by atoms with E-state index < -0.39 is 0 Å². The molecular formula is C13H22N6O. The fourth-order valence-electron chi connectivity index (χ4n) is 2.32. The molecule has 20 heavy (non-hydrogen) atoms. The molecule has 0 amide bonds. The zero-order valence-corrected chi connectivity index (χ0v) is 12.3. The first kappa shape index (κ1) is 13.4. The molecule has 7 heteroatoms. The van der Waals surface area contributed by atoms with Crippen LogP contribution in [0.5, 0.6) is 0 Å². The van der Waals surface area contributed by atoms with E-state index in [4.69, 9.17) is 4.74 Å². The van der Waals surface area contributed by atoms with Gasteiger partial charge in [-0.1, -0.05) is 13.8 Å². The van der Waals surface area contributed by atoms with E-state index in [0.29, 0.717) is 29.3 Å². The Balaban J connectivity index is 1.79. The summed E-state index contributed by atoms with van der Waals surface area (Å²) >= 11 is 0. The average Bonchev–Trinajstić information content (AvgIpc) is 3.06. The maximum atomic E-state index is 5.37. The highest BCUT2D eigenvalue weighted by Crippen LogP contribution is 2.46. The molecule has 110 valence electrons. The molecule has 1 saturated heterocycles. The topological polar surface area (TPSA) is 75.2 Å². The van der Waals surface area contributed by atoms with Gasteiger partial charge in [0.15, 0.2) is 0 Å². The van der Waals surface area contributed by atoms with Crippen LogP contribution in [-0.2, 0) is 4.74 Å². The van der Waals surface area contributed by atoms with Crippen molar-refractivity contribution < 1.29 is 4.74 Å². The van der Waals surface area contributed by atoms with Crippen molar-refractivity contribution in [1.82, 2.24) is 15.0 Å². The molecule has 0 radical (unpaired) electrons. The lowest BCUT2D eigenvalue weighted by molar-refractivity contribution is 0.122. The minimum atomic E-state index is 0.339. The van der Waals surface area contributed by atoms with E-state index in [1.165, 1.54) is 0 Å². The summed E-state index contributed by atoms with van der Waals surface area (Å²) in [6.07, 6.45) is 1.15. The number of rotatable bonds is 4. The summed E-state index contributed by atoms with van der Waals surface area (Å²) in [4.78, 5) is 15.5. The molecule has 1 aromatic rings. The van der Waals surface area contributed by atoms with E-state index in [1.54, 1.807) is 0 Å². The number of ether oxygens (including phenoxy) is 1. The first-order valence-corrected chi connectivity index (χ1v) is 7.11. The van der Waals surface area contributed by atoms with Gasteiger partial charge in [0.05, 0.1) is 13.2 Å². The predicted molar refractivity (Wildman–Crippen MR) is 78.2 cm³/mol. The van der Waals surface area contributed by atoms with Crippen molar-refractivity contribution in [3.63, 3.8) is 0 Å². The van der Waals surface area contributed by atoms with Gasteiger partial charge in [-0.3, -0.25) is 0 Å². The Hall–Kier alpha value is -1.63. The molecular weight excluding hydrogens is 256 g/mol. The highest BCUT2D eigenvalue weighted by molar-refractivity contribution is 5.45. The van der Waals surface area contributed by atoms with Gasteiger partial charge in [0.25, 0.3) is 0 Å². The number of aromatic nitrogens is 3. The first-order valence-electron chi connectivity index (χ1n) is 7.11. The summed E-state index contributed by atoms with van der Waals surface area (Å²) in [5.74, 6) is 1.97. The smallest absolute Gasteiger partial charge is 0.232 e. The number of morpholine rings is 1. The minimum Gasteiger partial charge on any atom is -0.378 e. The average molecular weight is 278 g/mol. The van der Waals surface area contributed by atoms with E-state index >= 15 is 0 Å². The molecule has 2 fully saturated rings. The molecule has 7 nitrogen and oxygen atoms in total. The van der Waals surface area contributed by atoms with Crippen LogP contribution in [-0.4, -0.2) is 54.3 Å². The summed E-state index contributed by atoms with van der Waals surface area (Å²) in [6, 6.07) is 0.451. The lowest BCUT2D eigenvalue weighted by Crippen LogP contribution is -2.37. The molecule has 0 aromatic carbocycles. The second-order valence-electron chi connectivity index (χ2n) is 6.02. The number of nitrogens with zero attached hydrogens (tertiary/aromatic N) is 4. The highest BCUT2D eigenvalue weighted by Gasteiger charge is 2.46. The third-order valence-corrected chi connectivity index (χ3v) is 3.96. The Labute approximate surface area is 119 Å². The maximum absolute atomic E-state index is 5.37. The van der Waals surface area contributed by atoms with Crippen LogP contribution in [0.3, 0.4) is 0 Å². The monoisotopic (exact) mass is 278 g/mol. The first-order chi connectivity index (χ1) is 9.58. The van der Waals surface area contributed by atoms with E-state index in [2.05, 4.69) is 44.3 Å². The van der Waals surface area contributed by atoms with E-state index in [9.17, 15) is 0 Å². The lowest BCUT2D eigenvalue weighted by Gasteiger charge is -2.27. The van der Waals surface area contributed by atoms with E-state index in [1.807, 2.05) is 7.05 Å². The van der Waals surface area contributed by atoms with E-state index in [0.717, 1.165) is 32.7 Å². The number of hydrogen-bond acceptors (Lipinski definition) is 7. The van der Waals surface area contributed by atoms with Crippen LogP contribution in [0.2, 0.25) is 0 Å². The van der Waals surface area contributed by atoms with Gasteiger partial charge in [0.2, 0.25) is 17.8 Å². The molecule has 1 saturated carbocycles. The molecule has 1 atom stereocenters. The van der Waals surface area contributed by atoms with Crippen LogP contribution in [0.4, 0.5) is 17.8 Å². The minimum absolute atomic E-state index is 0.339. The Kier molecular flexibility index (Phi) is 3.37. The second-order valence-corrected chi connectivity index (χ2v) is 6.02. The Morgan fingerprint density at radius 3 is 2.40 bits per heavy atom. The zero-order chi connectivity index (χ0) is 14.2. The normalized spacial score (nSPS) is 24.4. The summed E-state index contributed by atoms with van der Waals surface area (Å²) < 4.78 is 5.37. The fourth-order valence-corrected chi connectivity index (χ4v) is 2.32. The maximum Gasteiger partial charge on any atom is 0.232 e. The predicted octanol–water partition coefficient (Wildman–Crippen LogP) is 0.960. The van der Waals surface area contributed by atoms with Crippen molar-refractivity contribution in [3.8, 4) is 0 Å². The molecule has 2 heterocycles. The summed E-state index contributed by atoms with van der Waals surface area (Å²) in [5, 5.41) is 6.40. The number of anilines is 3. The third kappa shape index (κ3) is 2.77. The molecule has 1 aliphatic carbocycles. The van der Waals surface area contributed by atoms with Crippen molar-refractivity contribution in [3.05, 3.63) is 0 Å². The summed E-state index contributed by atoms with van der Waals surface area (Å²) in [5.41, 5.74) is 0.339. The molecule has 0 spiro atoms. The Bertz CT molecular complexity index is 486. The summed E-state index contributed by atoms with van der Waals surface area (Å²) in [7, 11) is 1.82. The molecule has 2 N–H and O–H groups in total. The standard InChI is InChI=1S/C13H22N6O/c1-13(2)8-9(13)15-11-16-10(14-3)17-12(18-11)19-4-6-20-7-5-19/h9H,4-8H2,1-3H3,(H2,14,15,16,17,18). The molecule has 3 rings (SSSR count). The Morgan fingerprint density at radius 2 is 1.80 bits per heavy atom. The van der Waals surface area contributed by atoms with Crippen LogP contribution in [0.15, 0.2) is 0 Å². The van der Waals surface area contributed by atoms with Crippen molar-refractivity contribution in [1.29, 1.82) is 0 Å². The van der Waals surface area contributed by atoms with Crippen LogP contribution in [0.25, 0.3) is 0 Å². The van der Waals surface area contributed by atoms with Gasteiger partial charge in [-0.15, -0.1) is 0 Å². The molecule has 2 aliphatic rings. The number of nitrogens with one attached hydrogen (secondary N) is 2. The van der Waals surface area contributed by atoms with Gasteiger partial charge in [0.1, 0.15) is 0 Å². The quantitative estimate of drug-likeness (QED) is 0.849. The highest BCUT2D eigenvalue weighted by atomic mass is 16.5. The lowest BCUT2D eigenvalue weighted by atomic mass is 10.2. The van der Waals surface area contributed by atoms with Crippen molar-refractivity contribution in [2.24, 2.45) is 5.41 Å². The molecule has 0 bridgehead atoms. The Morgan fingerprint density at radius 1 is 1.15 bits per heavy atom. The molecule has 1 aliphatic heterocycles. The van der Waals surface area contributed by atoms with Crippen LogP contribution in [0.1, 0.15) is 20.3 Å². The van der Waals surface area contributed by atoms with Gasteiger partial charge >= 0.3 is 0 Å². The second kappa shape index (κ2) is 5.05. The number of hydrogen-bond donors (Lipinski definition) is 2. The van der Waals surface area contributed by atoms with Crippen LogP contribution in [0, 0.1) is 5.41 Å². The van der Waals surface area contributed by atoms with Gasteiger partial charge in [-0.25, -0.2) is 0 Å². The SMILES string of the molecule is CNc1nc(NC2CC2(C)C)nc(N2CCOCC2)n1. The van der Waals surface area contributed by atoms with Crippen LogP contribution >= 0.6 is 0 Å². The van der Waals surface area contributed by atoms with Crippen LogP contribution < -0.4 is 15.5 Å². The molecule has 1 unspecified atom stereocenters. The van der Waals surface area contributed by atoms with Crippen molar-refractivity contribution >= 4 is 17.8 Å². The van der Waals surface area contributed by atoms with Gasteiger partial charge in [0, 0.05) is 26.2 Å². The van der Waals surface area contributed by atoms with Crippen molar-refractivity contribution in [2.75, 3.05) is 48.9 Å². The van der Waals surface area contributed by atoms with Gasteiger partial charge in [-0.05, 0) is 11.8 Å².